The third-order valence-corrected chi connectivity index (χ3v) is 2.72. The fourth-order valence-corrected chi connectivity index (χ4v) is 1.67. The van der Waals surface area contributed by atoms with Gasteiger partial charge in [-0.2, -0.15) is 0 Å². The van der Waals surface area contributed by atoms with Crippen molar-refractivity contribution in [3.05, 3.63) is 0 Å². The molecule has 1 saturated carbocycles. The molecule has 2 nitrogen and oxygen atoms in total. The summed E-state index contributed by atoms with van der Waals surface area (Å²) in [5.74, 6) is -2.65. The maximum absolute atomic E-state index is 12.8. The van der Waals surface area contributed by atoms with Gasteiger partial charge in [0.15, 0.2) is 0 Å². The summed E-state index contributed by atoms with van der Waals surface area (Å²) in [4.78, 5) is 0. The van der Waals surface area contributed by atoms with Gasteiger partial charge in [0.05, 0.1) is 6.04 Å². The van der Waals surface area contributed by atoms with Crippen molar-refractivity contribution >= 4 is 0 Å². The molecule has 4 heteroatoms. The van der Waals surface area contributed by atoms with Gasteiger partial charge >= 0.3 is 0 Å². The van der Waals surface area contributed by atoms with E-state index >= 15 is 0 Å². The molecule has 78 valence electrons. The second-order valence-electron chi connectivity index (χ2n) is 4.11. The summed E-state index contributed by atoms with van der Waals surface area (Å²) in [7, 11) is 0. The Bertz CT molecular complexity index is 167. The van der Waals surface area contributed by atoms with E-state index in [1.165, 1.54) is 6.92 Å². The summed E-state index contributed by atoms with van der Waals surface area (Å²) in [5.41, 5.74) is 5.68. The van der Waals surface area contributed by atoms with Gasteiger partial charge in [0, 0.05) is 19.0 Å². The lowest BCUT2D eigenvalue weighted by Crippen LogP contribution is -2.45. The topological polar surface area (TPSA) is 38.0 Å². The quantitative estimate of drug-likeness (QED) is 0.711. The van der Waals surface area contributed by atoms with E-state index in [9.17, 15) is 8.78 Å². The molecule has 0 aromatic carbocycles. The van der Waals surface area contributed by atoms with Crippen LogP contribution < -0.4 is 11.1 Å². The van der Waals surface area contributed by atoms with Gasteiger partial charge in [-0.25, -0.2) is 8.78 Å². The zero-order valence-electron chi connectivity index (χ0n) is 8.19. The molecule has 0 saturated heterocycles. The normalized spacial score (nSPS) is 32.1. The molecule has 0 heterocycles. The summed E-state index contributed by atoms with van der Waals surface area (Å²) >= 11 is 0. The van der Waals surface area contributed by atoms with E-state index in [0.717, 1.165) is 26.2 Å². The van der Waals surface area contributed by atoms with Crippen molar-refractivity contribution in [3.8, 4) is 0 Å². The molecule has 1 rings (SSSR count). The lowest BCUT2D eigenvalue weighted by atomic mass is 10.1. The van der Waals surface area contributed by atoms with Crippen LogP contribution in [0.1, 0.15) is 33.1 Å². The number of hydrogen-bond donors (Lipinski definition) is 2. The van der Waals surface area contributed by atoms with Crippen molar-refractivity contribution in [3.63, 3.8) is 0 Å². The van der Waals surface area contributed by atoms with Gasteiger partial charge in [0.2, 0.25) is 0 Å². The van der Waals surface area contributed by atoms with Crippen LogP contribution >= 0.6 is 0 Å². The minimum Gasteiger partial charge on any atom is -0.328 e. The van der Waals surface area contributed by atoms with Crippen LogP contribution in [0.5, 0.6) is 0 Å². The number of hydrogen-bond acceptors (Lipinski definition) is 2. The molecular formula is C9H18F2N2. The summed E-state index contributed by atoms with van der Waals surface area (Å²) in [6.45, 7) is 2.46. The third kappa shape index (κ3) is 3.19. The highest BCUT2D eigenvalue weighted by Gasteiger charge is 2.33. The van der Waals surface area contributed by atoms with Gasteiger partial charge in [0.25, 0.3) is 5.92 Å². The van der Waals surface area contributed by atoms with Gasteiger partial charge in [-0.15, -0.1) is 0 Å². The molecule has 0 amide bonds. The first-order valence-electron chi connectivity index (χ1n) is 4.79. The summed E-state index contributed by atoms with van der Waals surface area (Å²) in [5, 5.41) is 2.92. The second-order valence-corrected chi connectivity index (χ2v) is 4.11. The Morgan fingerprint density at radius 3 is 2.46 bits per heavy atom. The van der Waals surface area contributed by atoms with Crippen molar-refractivity contribution in [2.75, 3.05) is 0 Å². The molecule has 0 aromatic rings. The van der Waals surface area contributed by atoms with Crippen molar-refractivity contribution in [1.29, 1.82) is 0 Å². The predicted molar refractivity (Wildman–Crippen MR) is 48.8 cm³/mol. The summed E-state index contributed by atoms with van der Waals surface area (Å²) < 4.78 is 25.5. The Balaban J connectivity index is 2.33. The summed E-state index contributed by atoms with van der Waals surface area (Å²) in [6.07, 6.45) is 2.68. The SMILES string of the molecule is CC(NC1CCC(N)C1)C(C)(F)F. The summed E-state index contributed by atoms with van der Waals surface area (Å²) in [6, 6.07) is -0.395. The number of nitrogens with two attached hydrogens (primary N) is 1. The van der Waals surface area contributed by atoms with E-state index < -0.39 is 12.0 Å². The Hall–Kier alpha value is -0.220. The highest BCUT2D eigenvalue weighted by atomic mass is 19.3. The lowest BCUT2D eigenvalue weighted by molar-refractivity contribution is -0.0155. The second kappa shape index (κ2) is 3.88. The fraction of sp³-hybridized carbons (Fsp3) is 1.00. The van der Waals surface area contributed by atoms with E-state index in [-0.39, 0.29) is 12.1 Å². The zero-order chi connectivity index (χ0) is 10.1. The fourth-order valence-electron chi connectivity index (χ4n) is 1.67. The Morgan fingerprint density at radius 2 is 2.08 bits per heavy atom. The van der Waals surface area contributed by atoms with Crippen LogP contribution in [-0.4, -0.2) is 24.0 Å². The van der Waals surface area contributed by atoms with Crippen LogP contribution in [0.4, 0.5) is 8.78 Å². The van der Waals surface area contributed by atoms with E-state index in [1.54, 1.807) is 0 Å². The molecule has 1 fully saturated rings. The molecule has 0 spiro atoms. The molecule has 0 aromatic heterocycles. The van der Waals surface area contributed by atoms with E-state index in [0.29, 0.717) is 0 Å². The lowest BCUT2D eigenvalue weighted by Gasteiger charge is -2.24. The smallest absolute Gasteiger partial charge is 0.260 e. The molecule has 1 aliphatic rings. The molecule has 3 atom stereocenters. The standard InChI is InChI=1S/C9H18F2N2/c1-6(9(2,10)11)13-8-4-3-7(12)5-8/h6-8,13H,3-5,12H2,1-2H3. The maximum Gasteiger partial charge on any atom is 0.260 e. The maximum atomic E-state index is 12.8. The van der Waals surface area contributed by atoms with Crippen LogP contribution in [0.2, 0.25) is 0 Å². The molecule has 3 unspecified atom stereocenters. The van der Waals surface area contributed by atoms with Crippen LogP contribution in [0.15, 0.2) is 0 Å². The zero-order valence-corrected chi connectivity index (χ0v) is 8.19. The first-order valence-corrected chi connectivity index (χ1v) is 4.79. The van der Waals surface area contributed by atoms with Crippen LogP contribution in [0.25, 0.3) is 0 Å². The minimum atomic E-state index is -2.65. The van der Waals surface area contributed by atoms with Gasteiger partial charge in [-0.05, 0) is 26.2 Å². The number of halogens is 2. The third-order valence-electron chi connectivity index (χ3n) is 2.72. The van der Waals surface area contributed by atoms with Crippen molar-refractivity contribution in [2.45, 2.75) is 57.2 Å². The van der Waals surface area contributed by atoms with Crippen molar-refractivity contribution in [2.24, 2.45) is 5.73 Å². The molecular weight excluding hydrogens is 174 g/mol. The molecule has 0 aliphatic heterocycles. The van der Waals surface area contributed by atoms with Crippen LogP contribution in [-0.2, 0) is 0 Å². The van der Waals surface area contributed by atoms with Crippen molar-refractivity contribution in [1.82, 2.24) is 5.32 Å². The number of nitrogens with one attached hydrogen (secondary N) is 1. The van der Waals surface area contributed by atoms with Crippen molar-refractivity contribution < 1.29 is 8.78 Å². The minimum absolute atomic E-state index is 0.177. The Kier molecular flexibility index (Phi) is 3.24. The molecule has 0 bridgehead atoms. The van der Waals surface area contributed by atoms with Gasteiger partial charge in [-0.1, -0.05) is 0 Å². The van der Waals surface area contributed by atoms with E-state index in [2.05, 4.69) is 5.32 Å². The predicted octanol–water partition coefficient (Wildman–Crippen LogP) is 1.50. The first kappa shape index (κ1) is 10.9. The highest BCUT2D eigenvalue weighted by molar-refractivity contribution is 4.87. The van der Waals surface area contributed by atoms with E-state index in [1.807, 2.05) is 0 Å². The monoisotopic (exact) mass is 192 g/mol. The molecule has 3 N–H and O–H groups in total. The highest BCUT2D eigenvalue weighted by Crippen LogP contribution is 2.22. The Labute approximate surface area is 77.9 Å². The molecule has 1 aliphatic carbocycles. The average Bonchev–Trinajstić information content (AvgIpc) is 2.33. The largest absolute Gasteiger partial charge is 0.328 e. The van der Waals surface area contributed by atoms with Gasteiger partial charge in [-0.3, -0.25) is 0 Å². The first-order chi connectivity index (χ1) is 5.89. The number of rotatable bonds is 3. The Morgan fingerprint density at radius 1 is 1.46 bits per heavy atom. The van der Waals surface area contributed by atoms with Crippen LogP contribution in [0, 0.1) is 0 Å². The molecule has 0 radical (unpaired) electrons. The number of alkyl halides is 2. The van der Waals surface area contributed by atoms with Gasteiger partial charge < -0.3 is 11.1 Å². The van der Waals surface area contributed by atoms with E-state index in [4.69, 9.17) is 5.73 Å². The van der Waals surface area contributed by atoms with Crippen LogP contribution in [0.3, 0.4) is 0 Å². The van der Waals surface area contributed by atoms with Gasteiger partial charge in [0.1, 0.15) is 0 Å². The average molecular weight is 192 g/mol. The molecule has 13 heavy (non-hydrogen) atoms.